The standard InChI is InChI=1S/C21H30N4O2/c1-6-17-8-10-18(11-9-17)20(15(2)3)23-19(26)14-24(5)21(27)16(4)25-13-7-12-22-25/h7-13,15-16,20H,6,14H2,1-5H3,(H,23,26). The van der Waals surface area contributed by atoms with Crippen LogP contribution >= 0.6 is 0 Å². The molecule has 0 saturated heterocycles. The highest BCUT2D eigenvalue weighted by molar-refractivity contribution is 5.86. The van der Waals surface area contributed by atoms with Gasteiger partial charge < -0.3 is 10.2 Å². The van der Waals surface area contributed by atoms with Crippen molar-refractivity contribution in [1.29, 1.82) is 0 Å². The first kappa shape index (κ1) is 20.7. The number of carbonyl (C=O) groups is 2. The number of aryl methyl sites for hydroxylation is 1. The number of hydrogen-bond donors (Lipinski definition) is 1. The van der Waals surface area contributed by atoms with E-state index in [9.17, 15) is 9.59 Å². The molecule has 0 aliphatic rings. The van der Waals surface area contributed by atoms with Gasteiger partial charge in [-0.3, -0.25) is 14.3 Å². The first-order valence-corrected chi connectivity index (χ1v) is 9.45. The van der Waals surface area contributed by atoms with E-state index in [2.05, 4.69) is 55.5 Å². The summed E-state index contributed by atoms with van der Waals surface area (Å²) in [5.74, 6) is -0.0792. The summed E-state index contributed by atoms with van der Waals surface area (Å²) in [7, 11) is 1.64. The number of likely N-dealkylation sites (N-methyl/N-ethyl adjacent to an activating group) is 1. The molecule has 0 spiro atoms. The van der Waals surface area contributed by atoms with E-state index in [0.29, 0.717) is 0 Å². The van der Waals surface area contributed by atoms with Crippen molar-refractivity contribution in [3.05, 3.63) is 53.9 Å². The molecule has 0 bridgehead atoms. The molecule has 6 heteroatoms. The highest BCUT2D eigenvalue weighted by Gasteiger charge is 2.23. The molecular weight excluding hydrogens is 340 g/mol. The van der Waals surface area contributed by atoms with Gasteiger partial charge in [0.15, 0.2) is 0 Å². The smallest absolute Gasteiger partial charge is 0.247 e. The summed E-state index contributed by atoms with van der Waals surface area (Å²) >= 11 is 0. The largest absolute Gasteiger partial charge is 0.348 e. The van der Waals surface area contributed by atoms with Crippen LogP contribution in [0.1, 0.15) is 50.9 Å². The van der Waals surface area contributed by atoms with Gasteiger partial charge in [0.1, 0.15) is 6.04 Å². The maximum Gasteiger partial charge on any atom is 0.247 e. The molecule has 6 nitrogen and oxygen atoms in total. The molecule has 146 valence electrons. The van der Waals surface area contributed by atoms with Gasteiger partial charge in [-0.1, -0.05) is 45.0 Å². The zero-order chi connectivity index (χ0) is 20.0. The van der Waals surface area contributed by atoms with E-state index < -0.39 is 6.04 Å². The fourth-order valence-corrected chi connectivity index (χ4v) is 3.05. The molecule has 27 heavy (non-hydrogen) atoms. The molecule has 0 radical (unpaired) electrons. The van der Waals surface area contributed by atoms with Crippen LogP contribution in [0.2, 0.25) is 0 Å². The summed E-state index contributed by atoms with van der Waals surface area (Å²) in [4.78, 5) is 26.5. The summed E-state index contributed by atoms with van der Waals surface area (Å²) in [6, 6.07) is 9.57. The van der Waals surface area contributed by atoms with Crippen molar-refractivity contribution in [3.8, 4) is 0 Å². The van der Waals surface area contributed by atoms with Crippen LogP contribution < -0.4 is 5.32 Å². The zero-order valence-corrected chi connectivity index (χ0v) is 16.8. The lowest BCUT2D eigenvalue weighted by molar-refractivity contribution is -0.137. The van der Waals surface area contributed by atoms with E-state index >= 15 is 0 Å². The van der Waals surface area contributed by atoms with E-state index in [4.69, 9.17) is 0 Å². The molecule has 0 aliphatic carbocycles. The number of nitrogens with one attached hydrogen (secondary N) is 1. The van der Waals surface area contributed by atoms with Crippen LogP contribution in [0.4, 0.5) is 0 Å². The second kappa shape index (κ2) is 9.35. The van der Waals surface area contributed by atoms with Crippen molar-refractivity contribution in [2.75, 3.05) is 13.6 Å². The maximum atomic E-state index is 12.6. The molecule has 2 atom stereocenters. The zero-order valence-electron chi connectivity index (χ0n) is 16.8. The first-order chi connectivity index (χ1) is 12.8. The monoisotopic (exact) mass is 370 g/mol. The van der Waals surface area contributed by atoms with Crippen molar-refractivity contribution in [2.45, 2.75) is 46.2 Å². The SMILES string of the molecule is CCc1ccc(C(NC(=O)CN(C)C(=O)C(C)n2cccn2)C(C)C)cc1. The van der Waals surface area contributed by atoms with E-state index in [-0.39, 0.29) is 30.3 Å². The van der Waals surface area contributed by atoms with Crippen LogP contribution in [0.15, 0.2) is 42.7 Å². The lowest BCUT2D eigenvalue weighted by Crippen LogP contribution is -2.42. The number of benzene rings is 1. The Bertz CT molecular complexity index is 738. The molecule has 1 heterocycles. The van der Waals surface area contributed by atoms with Crippen LogP contribution in [0, 0.1) is 5.92 Å². The Morgan fingerprint density at radius 3 is 2.37 bits per heavy atom. The van der Waals surface area contributed by atoms with Gasteiger partial charge in [-0.2, -0.15) is 5.10 Å². The molecular formula is C21H30N4O2. The van der Waals surface area contributed by atoms with Crippen molar-refractivity contribution in [1.82, 2.24) is 20.0 Å². The first-order valence-electron chi connectivity index (χ1n) is 9.45. The number of amides is 2. The summed E-state index contributed by atoms with van der Waals surface area (Å²) in [5, 5.41) is 7.17. The molecule has 0 fully saturated rings. The second-order valence-electron chi connectivity index (χ2n) is 7.24. The highest BCUT2D eigenvalue weighted by atomic mass is 16.2. The van der Waals surface area contributed by atoms with Gasteiger partial charge >= 0.3 is 0 Å². The number of carbonyl (C=O) groups excluding carboxylic acids is 2. The Morgan fingerprint density at radius 2 is 1.85 bits per heavy atom. The van der Waals surface area contributed by atoms with Gasteiger partial charge in [-0.25, -0.2) is 0 Å². The molecule has 2 rings (SSSR count). The summed E-state index contributed by atoms with van der Waals surface area (Å²) in [5.41, 5.74) is 2.35. The predicted molar refractivity (Wildman–Crippen MR) is 106 cm³/mol. The molecule has 2 aromatic rings. The second-order valence-corrected chi connectivity index (χ2v) is 7.24. The quantitative estimate of drug-likeness (QED) is 0.777. The van der Waals surface area contributed by atoms with Crippen LogP contribution in [0.5, 0.6) is 0 Å². The average molecular weight is 370 g/mol. The lowest BCUT2D eigenvalue weighted by atomic mass is 9.95. The summed E-state index contributed by atoms with van der Waals surface area (Å²) in [6.07, 6.45) is 4.36. The highest BCUT2D eigenvalue weighted by Crippen LogP contribution is 2.22. The van der Waals surface area contributed by atoms with Gasteiger partial charge in [0, 0.05) is 19.4 Å². The van der Waals surface area contributed by atoms with Crippen molar-refractivity contribution < 1.29 is 9.59 Å². The minimum Gasteiger partial charge on any atom is -0.348 e. The Balaban J connectivity index is 1.99. The number of hydrogen-bond acceptors (Lipinski definition) is 3. The topological polar surface area (TPSA) is 67.2 Å². The third-order valence-electron chi connectivity index (χ3n) is 4.77. The average Bonchev–Trinajstić information content (AvgIpc) is 3.19. The maximum absolute atomic E-state index is 12.6. The van der Waals surface area contributed by atoms with Crippen molar-refractivity contribution in [3.63, 3.8) is 0 Å². The summed E-state index contributed by atoms with van der Waals surface area (Å²) in [6.45, 7) is 8.06. The van der Waals surface area contributed by atoms with Gasteiger partial charge in [0.2, 0.25) is 11.8 Å². The molecule has 0 saturated carbocycles. The molecule has 2 unspecified atom stereocenters. The number of rotatable bonds is 8. The molecule has 1 N–H and O–H groups in total. The minimum atomic E-state index is -0.444. The van der Waals surface area contributed by atoms with E-state index in [0.717, 1.165) is 12.0 Å². The van der Waals surface area contributed by atoms with Crippen LogP contribution in [-0.2, 0) is 16.0 Å². The van der Waals surface area contributed by atoms with Crippen LogP contribution in [0.25, 0.3) is 0 Å². The fourth-order valence-electron chi connectivity index (χ4n) is 3.05. The Labute approximate surface area is 161 Å². The van der Waals surface area contributed by atoms with Crippen molar-refractivity contribution >= 4 is 11.8 Å². The van der Waals surface area contributed by atoms with E-state index in [1.807, 2.05) is 0 Å². The number of nitrogens with zero attached hydrogens (tertiary/aromatic N) is 3. The predicted octanol–water partition coefficient (Wildman–Crippen LogP) is 2.98. The summed E-state index contributed by atoms with van der Waals surface area (Å²) < 4.78 is 1.59. The normalized spacial score (nSPS) is 13.3. The van der Waals surface area contributed by atoms with Gasteiger partial charge in [-0.05, 0) is 36.5 Å². The van der Waals surface area contributed by atoms with Gasteiger partial charge in [0.25, 0.3) is 0 Å². The molecule has 0 aliphatic heterocycles. The number of aromatic nitrogens is 2. The Morgan fingerprint density at radius 1 is 1.19 bits per heavy atom. The third-order valence-corrected chi connectivity index (χ3v) is 4.77. The van der Waals surface area contributed by atoms with Crippen LogP contribution in [-0.4, -0.2) is 40.1 Å². The lowest BCUT2D eigenvalue weighted by Gasteiger charge is -2.26. The van der Waals surface area contributed by atoms with Gasteiger partial charge in [-0.15, -0.1) is 0 Å². The van der Waals surface area contributed by atoms with Crippen molar-refractivity contribution in [2.24, 2.45) is 5.92 Å². The third kappa shape index (κ3) is 5.42. The van der Waals surface area contributed by atoms with Gasteiger partial charge in [0.05, 0.1) is 12.6 Å². The molecule has 1 aromatic heterocycles. The fraction of sp³-hybridized carbons (Fsp3) is 0.476. The van der Waals surface area contributed by atoms with Crippen LogP contribution in [0.3, 0.4) is 0 Å². The minimum absolute atomic E-state index is 0.0146. The Hall–Kier alpha value is -2.63. The molecule has 2 amide bonds. The Kier molecular flexibility index (Phi) is 7.16. The van der Waals surface area contributed by atoms with E-state index in [1.54, 1.807) is 37.1 Å². The molecule has 1 aromatic carbocycles. The van der Waals surface area contributed by atoms with E-state index in [1.165, 1.54) is 10.5 Å².